The summed E-state index contributed by atoms with van der Waals surface area (Å²) in [4.78, 5) is 23.7. The lowest BCUT2D eigenvalue weighted by Crippen LogP contribution is -2.44. The molecule has 2 heterocycles. The number of nitrogens with two attached hydrogens (primary N) is 1. The van der Waals surface area contributed by atoms with E-state index in [1.54, 1.807) is 26.2 Å². The molecule has 0 aliphatic carbocycles. The lowest BCUT2D eigenvalue weighted by atomic mass is 10.2. The van der Waals surface area contributed by atoms with Crippen LogP contribution < -0.4 is 25.9 Å². The molecule has 2 aromatic rings. The van der Waals surface area contributed by atoms with Crippen LogP contribution in [0.1, 0.15) is 12.7 Å². The molecule has 30 heavy (non-hydrogen) atoms. The van der Waals surface area contributed by atoms with Gasteiger partial charge in [0.05, 0.1) is 25.8 Å². The molecule has 11 nitrogen and oxygen atoms in total. The van der Waals surface area contributed by atoms with E-state index in [2.05, 4.69) is 20.8 Å². The molecule has 0 unspecified atom stereocenters. The third-order valence-electron chi connectivity index (χ3n) is 4.07. The van der Waals surface area contributed by atoms with Crippen LogP contribution in [0.3, 0.4) is 0 Å². The Morgan fingerprint density at radius 1 is 1.33 bits per heavy atom. The van der Waals surface area contributed by atoms with E-state index in [1.807, 2.05) is 12.1 Å². The molecule has 0 fully saturated rings. The number of rotatable bonds is 9. The van der Waals surface area contributed by atoms with Gasteiger partial charge < -0.3 is 30.7 Å². The van der Waals surface area contributed by atoms with Gasteiger partial charge in [0.25, 0.3) is 0 Å². The number of nitrogens with zero attached hydrogens (tertiary/aromatic N) is 3. The Morgan fingerprint density at radius 3 is 2.90 bits per heavy atom. The number of carbonyl (C=O) groups is 2. The molecule has 4 N–H and O–H groups in total. The van der Waals surface area contributed by atoms with Crippen molar-refractivity contribution in [2.24, 2.45) is 0 Å². The number of benzene rings is 1. The second kappa shape index (κ2) is 9.87. The predicted octanol–water partition coefficient (Wildman–Crippen LogP) is 0.802. The highest BCUT2D eigenvalue weighted by molar-refractivity contribution is 7.99. The number of amides is 2. The number of ether oxygens (including phenoxy) is 3. The minimum atomic E-state index is -0.484. The van der Waals surface area contributed by atoms with Gasteiger partial charge in [-0.05, 0) is 19.1 Å². The van der Waals surface area contributed by atoms with Crippen molar-refractivity contribution in [2.75, 3.05) is 31.9 Å². The molecular weight excluding hydrogens is 412 g/mol. The summed E-state index contributed by atoms with van der Waals surface area (Å²) in [6.07, 6.45) is 0. The summed E-state index contributed by atoms with van der Waals surface area (Å²) in [6.45, 7) is 2.16. The van der Waals surface area contributed by atoms with Crippen LogP contribution in [0.4, 0.5) is 4.79 Å². The van der Waals surface area contributed by atoms with Gasteiger partial charge in [-0.2, -0.15) is 0 Å². The first-order valence-electron chi connectivity index (χ1n) is 9.04. The highest BCUT2D eigenvalue weighted by Gasteiger charge is 2.24. The van der Waals surface area contributed by atoms with Crippen molar-refractivity contribution in [3.63, 3.8) is 0 Å². The summed E-state index contributed by atoms with van der Waals surface area (Å²) in [6, 6.07) is 6.77. The first-order valence-corrected chi connectivity index (χ1v) is 10.0. The number of esters is 1. The van der Waals surface area contributed by atoms with Crippen molar-refractivity contribution >= 4 is 23.8 Å². The van der Waals surface area contributed by atoms with Gasteiger partial charge in [0, 0.05) is 17.5 Å². The van der Waals surface area contributed by atoms with E-state index < -0.39 is 5.97 Å². The molecule has 1 aromatic carbocycles. The van der Waals surface area contributed by atoms with Crippen LogP contribution in [0.2, 0.25) is 0 Å². The van der Waals surface area contributed by atoms with E-state index >= 15 is 0 Å². The van der Waals surface area contributed by atoms with E-state index in [4.69, 9.17) is 20.1 Å². The topological polar surface area (TPSA) is 143 Å². The van der Waals surface area contributed by atoms with Crippen LogP contribution >= 0.6 is 11.8 Å². The van der Waals surface area contributed by atoms with Gasteiger partial charge >= 0.3 is 12.0 Å². The number of nitrogens with one attached hydrogen (secondary N) is 2. The van der Waals surface area contributed by atoms with E-state index in [9.17, 15) is 9.59 Å². The fourth-order valence-electron chi connectivity index (χ4n) is 2.55. The average molecular weight is 434 g/mol. The lowest BCUT2D eigenvalue weighted by molar-refractivity contribution is -0.138. The molecule has 2 amide bonds. The number of hydrogen-bond acceptors (Lipinski definition) is 9. The standard InChI is InChI=1S/C18H22N6O5S/c1-3-28-16(25)13-8-20-17(26)21-14(13)10-30-18-23-22-15(24(18)19)9-29-12-6-4-5-11(7-12)27-2/h4-7H,3,8-10,19H2,1-2H3,(H2,20,21,26). The van der Waals surface area contributed by atoms with Gasteiger partial charge in [0.15, 0.2) is 5.82 Å². The minimum absolute atomic E-state index is 0.0928. The molecule has 160 valence electrons. The fourth-order valence-corrected chi connectivity index (χ4v) is 3.41. The van der Waals surface area contributed by atoms with E-state index in [0.717, 1.165) is 0 Å². The molecule has 3 rings (SSSR count). The van der Waals surface area contributed by atoms with Crippen molar-refractivity contribution in [1.29, 1.82) is 0 Å². The zero-order valence-electron chi connectivity index (χ0n) is 16.5. The van der Waals surface area contributed by atoms with Crippen LogP contribution in [0.5, 0.6) is 11.5 Å². The van der Waals surface area contributed by atoms with Crippen molar-refractivity contribution in [3.8, 4) is 11.5 Å². The summed E-state index contributed by atoms with van der Waals surface area (Å²) in [5.74, 6) is 7.53. The average Bonchev–Trinajstić information content (AvgIpc) is 3.10. The number of nitrogen functional groups attached to an aromatic ring is 1. The van der Waals surface area contributed by atoms with Gasteiger partial charge in [-0.1, -0.05) is 17.8 Å². The van der Waals surface area contributed by atoms with E-state index in [-0.39, 0.29) is 31.5 Å². The number of urea groups is 1. The number of hydrogen-bond donors (Lipinski definition) is 3. The number of aromatic nitrogens is 3. The van der Waals surface area contributed by atoms with E-state index in [0.29, 0.717) is 33.8 Å². The third kappa shape index (κ3) is 5.14. The Balaban J connectivity index is 1.65. The molecule has 0 saturated heterocycles. The lowest BCUT2D eigenvalue weighted by Gasteiger charge is -2.20. The van der Waals surface area contributed by atoms with Crippen molar-refractivity contribution in [2.45, 2.75) is 18.7 Å². The Kier molecular flexibility index (Phi) is 7.01. The Labute approximate surface area is 176 Å². The first-order chi connectivity index (χ1) is 14.5. The Bertz CT molecular complexity index is 960. The molecule has 1 aromatic heterocycles. The van der Waals surface area contributed by atoms with Gasteiger partial charge in [-0.15, -0.1) is 10.2 Å². The van der Waals surface area contributed by atoms with Gasteiger partial charge in [0.2, 0.25) is 5.16 Å². The van der Waals surface area contributed by atoms with Crippen molar-refractivity contribution in [1.82, 2.24) is 25.5 Å². The molecule has 0 spiro atoms. The molecular formula is C18H22N6O5S. The molecule has 0 radical (unpaired) electrons. The summed E-state index contributed by atoms with van der Waals surface area (Å²) >= 11 is 1.22. The van der Waals surface area contributed by atoms with Crippen molar-refractivity contribution in [3.05, 3.63) is 41.4 Å². The SMILES string of the molecule is CCOC(=O)C1=C(CSc2nnc(COc3cccc(OC)c3)n2N)NC(=O)NC1. The minimum Gasteiger partial charge on any atom is -0.497 e. The first kappa shape index (κ1) is 21.3. The second-order valence-corrected chi connectivity index (χ2v) is 6.95. The normalized spacial score (nSPS) is 13.5. The highest BCUT2D eigenvalue weighted by atomic mass is 32.2. The van der Waals surface area contributed by atoms with Gasteiger partial charge in [0.1, 0.15) is 18.1 Å². The summed E-state index contributed by atoms with van der Waals surface area (Å²) in [5, 5.41) is 13.7. The van der Waals surface area contributed by atoms with Crippen LogP contribution in [-0.2, 0) is 16.1 Å². The Morgan fingerprint density at radius 2 is 2.13 bits per heavy atom. The molecule has 0 bridgehead atoms. The van der Waals surface area contributed by atoms with Gasteiger partial charge in [-0.25, -0.2) is 14.3 Å². The zero-order valence-corrected chi connectivity index (χ0v) is 17.3. The fraction of sp³-hybridized carbons (Fsp3) is 0.333. The molecule has 0 atom stereocenters. The van der Waals surface area contributed by atoms with Crippen molar-refractivity contribution < 1.29 is 23.8 Å². The number of thioether (sulfide) groups is 1. The second-order valence-electron chi connectivity index (χ2n) is 6.01. The summed E-state index contributed by atoms with van der Waals surface area (Å²) in [7, 11) is 1.58. The molecule has 1 aliphatic heterocycles. The number of methoxy groups -OCH3 is 1. The highest BCUT2D eigenvalue weighted by Crippen LogP contribution is 2.22. The largest absolute Gasteiger partial charge is 0.497 e. The van der Waals surface area contributed by atoms with Crippen LogP contribution in [0.15, 0.2) is 40.7 Å². The predicted molar refractivity (Wildman–Crippen MR) is 108 cm³/mol. The zero-order chi connectivity index (χ0) is 21.5. The molecule has 1 aliphatic rings. The van der Waals surface area contributed by atoms with Crippen LogP contribution in [0, 0.1) is 0 Å². The smallest absolute Gasteiger partial charge is 0.337 e. The maximum absolute atomic E-state index is 12.1. The molecule has 12 heteroatoms. The van der Waals surface area contributed by atoms with Crippen LogP contribution in [0.25, 0.3) is 0 Å². The quantitative estimate of drug-likeness (QED) is 0.297. The summed E-state index contributed by atoms with van der Waals surface area (Å²) < 4.78 is 17.2. The summed E-state index contributed by atoms with van der Waals surface area (Å²) in [5.41, 5.74) is 0.799. The maximum atomic E-state index is 12.1. The van der Waals surface area contributed by atoms with Gasteiger partial charge in [-0.3, -0.25) is 0 Å². The maximum Gasteiger partial charge on any atom is 0.337 e. The van der Waals surface area contributed by atoms with E-state index in [1.165, 1.54) is 16.4 Å². The number of carbonyl (C=O) groups excluding carboxylic acids is 2. The molecule has 0 saturated carbocycles. The third-order valence-corrected chi connectivity index (χ3v) is 5.04. The van der Waals surface area contributed by atoms with Crippen LogP contribution in [-0.4, -0.2) is 52.9 Å². The Hall–Kier alpha value is -3.41. The monoisotopic (exact) mass is 434 g/mol.